The van der Waals surface area contributed by atoms with Crippen molar-refractivity contribution in [3.05, 3.63) is 65.9 Å². The summed E-state index contributed by atoms with van der Waals surface area (Å²) in [4.78, 5) is 17.7. The van der Waals surface area contributed by atoms with Crippen LogP contribution in [0.2, 0.25) is 0 Å². The second kappa shape index (κ2) is 9.40. The first kappa shape index (κ1) is 23.5. The van der Waals surface area contributed by atoms with Gasteiger partial charge in [-0.05, 0) is 50.1 Å². The molecular formula is C25H24F2N6O3. The van der Waals surface area contributed by atoms with E-state index >= 15 is 0 Å². The number of nitrogens with zero attached hydrogens (tertiary/aromatic N) is 5. The third-order valence-corrected chi connectivity index (χ3v) is 5.78. The van der Waals surface area contributed by atoms with Crippen molar-refractivity contribution in [3.8, 4) is 23.1 Å². The maximum Gasteiger partial charge on any atom is 0.586 e. The molecule has 0 fully saturated rings. The maximum atomic E-state index is 13.7. The Morgan fingerprint density at radius 1 is 1.28 bits per heavy atom. The number of halogens is 2. The van der Waals surface area contributed by atoms with Crippen molar-refractivity contribution in [2.24, 2.45) is 15.7 Å². The summed E-state index contributed by atoms with van der Waals surface area (Å²) >= 11 is 0. The van der Waals surface area contributed by atoms with Gasteiger partial charge in [0.15, 0.2) is 11.5 Å². The molecule has 3 aromatic rings. The van der Waals surface area contributed by atoms with Gasteiger partial charge in [0, 0.05) is 24.2 Å². The van der Waals surface area contributed by atoms with Crippen LogP contribution in [0.25, 0.3) is 11.8 Å². The minimum Gasteiger partial charge on any atom is -0.479 e. The van der Waals surface area contributed by atoms with Gasteiger partial charge in [-0.25, -0.2) is 15.0 Å². The number of imidazole rings is 1. The minimum absolute atomic E-state index is 0.00593. The second-order valence-corrected chi connectivity index (χ2v) is 8.33. The number of hydrogen-bond donors (Lipinski definition) is 1. The van der Waals surface area contributed by atoms with E-state index in [-0.39, 0.29) is 23.3 Å². The number of ether oxygens (including phenoxy) is 3. The van der Waals surface area contributed by atoms with Crippen LogP contribution >= 0.6 is 0 Å². The Morgan fingerprint density at radius 3 is 2.92 bits per heavy atom. The standard InChI is InChI=1S/C25H24F2N6O3/c1-15-13-33(14-30-15)19-10-8-16(31-24(19)34-2)9-11-21(28)32-23-18(6-4-12-29-23)17-5-3-7-20-22(17)36-25(26,27)35-20/h3,5,7-11,13-14,18H,4,6,12H2,1-2H3,(H2,28,29,32)/b11-9+/t18-/m0/s1. The van der Waals surface area contributed by atoms with Crippen LogP contribution in [-0.4, -0.2) is 46.2 Å². The number of nitrogens with two attached hydrogens (primary N) is 1. The van der Waals surface area contributed by atoms with E-state index in [1.54, 1.807) is 37.7 Å². The van der Waals surface area contributed by atoms with Crippen molar-refractivity contribution >= 4 is 17.7 Å². The Hall–Kier alpha value is -4.28. The van der Waals surface area contributed by atoms with Crippen molar-refractivity contribution in [1.82, 2.24) is 14.5 Å². The average Bonchev–Trinajstić information content (AvgIpc) is 3.43. The summed E-state index contributed by atoms with van der Waals surface area (Å²) in [5, 5.41) is 0. The van der Waals surface area contributed by atoms with Crippen molar-refractivity contribution < 1.29 is 23.0 Å². The highest BCUT2D eigenvalue weighted by atomic mass is 19.3. The van der Waals surface area contributed by atoms with Crippen LogP contribution in [0.5, 0.6) is 17.4 Å². The fourth-order valence-corrected chi connectivity index (χ4v) is 4.18. The molecule has 2 aliphatic heterocycles. The molecule has 11 heteroatoms. The molecule has 0 radical (unpaired) electrons. The van der Waals surface area contributed by atoms with Gasteiger partial charge < -0.3 is 24.5 Å². The van der Waals surface area contributed by atoms with Crippen LogP contribution in [0, 0.1) is 6.92 Å². The Labute approximate surface area is 206 Å². The molecule has 36 heavy (non-hydrogen) atoms. The van der Waals surface area contributed by atoms with E-state index in [1.165, 1.54) is 6.07 Å². The number of fused-ring (bicyclic) bond motifs is 1. The predicted octanol–water partition coefficient (Wildman–Crippen LogP) is 4.25. The first-order valence-corrected chi connectivity index (χ1v) is 11.3. The highest BCUT2D eigenvalue weighted by Gasteiger charge is 2.45. The Morgan fingerprint density at radius 2 is 2.14 bits per heavy atom. The van der Waals surface area contributed by atoms with Crippen LogP contribution in [0.15, 0.2) is 58.9 Å². The molecule has 4 heterocycles. The monoisotopic (exact) mass is 494 g/mol. The minimum atomic E-state index is -3.70. The zero-order valence-electron chi connectivity index (χ0n) is 19.7. The van der Waals surface area contributed by atoms with Crippen LogP contribution < -0.4 is 19.9 Å². The van der Waals surface area contributed by atoms with Crippen molar-refractivity contribution in [3.63, 3.8) is 0 Å². The van der Waals surface area contributed by atoms with E-state index in [1.807, 2.05) is 29.8 Å². The average molecular weight is 495 g/mol. The summed E-state index contributed by atoms with van der Waals surface area (Å²) in [6, 6.07) is 8.50. The molecule has 0 aliphatic carbocycles. The van der Waals surface area contributed by atoms with Gasteiger partial charge in [0.25, 0.3) is 0 Å². The second-order valence-electron chi connectivity index (χ2n) is 8.33. The van der Waals surface area contributed by atoms with Crippen LogP contribution in [0.1, 0.15) is 35.7 Å². The topological polar surface area (TPSA) is 109 Å². The zero-order valence-corrected chi connectivity index (χ0v) is 19.7. The van der Waals surface area contributed by atoms with Crippen LogP contribution in [0.3, 0.4) is 0 Å². The molecule has 2 N–H and O–H groups in total. The summed E-state index contributed by atoms with van der Waals surface area (Å²) in [5.74, 6) is 0.732. The lowest BCUT2D eigenvalue weighted by molar-refractivity contribution is -0.287. The van der Waals surface area contributed by atoms with E-state index in [0.717, 1.165) is 17.8 Å². The van der Waals surface area contributed by atoms with E-state index in [9.17, 15) is 8.78 Å². The molecule has 0 unspecified atom stereocenters. The zero-order chi connectivity index (χ0) is 25.3. The highest BCUT2D eigenvalue weighted by molar-refractivity contribution is 6.05. The number of amidine groups is 2. The highest BCUT2D eigenvalue weighted by Crippen LogP contribution is 2.47. The molecule has 9 nitrogen and oxygen atoms in total. The van der Waals surface area contributed by atoms with Crippen molar-refractivity contribution in [2.45, 2.75) is 32.0 Å². The normalized spacial score (nSPS) is 18.9. The summed E-state index contributed by atoms with van der Waals surface area (Å²) in [6.07, 6.45) is 4.64. The molecule has 0 amide bonds. The molecule has 1 aromatic carbocycles. The first-order valence-electron chi connectivity index (χ1n) is 11.3. The fraction of sp³-hybridized carbons (Fsp3) is 0.280. The van der Waals surface area contributed by atoms with Gasteiger partial charge in [-0.3, -0.25) is 4.99 Å². The number of hydrogen-bond acceptors (Lipinski definition) is 7. The lowest BCUT2D eigenvalue weighted by Crippen LogP contribution is -2.26. The molecule has 186 valence electrons. The van der Waals surface area contributed by atoms with Gasteiger partial charge in [-0.1, -0.05) is 12.1 Å². The summed E-state index contributed by atoms with van der Waals surface area (Å²) in [6.45, 7) is 2.47. The summed E-state index contributed by atoms with van der Waals surface area (Å²) < 4.78 is 44.0. The Balaban J connectivity index is 1.37. The van der Waals surface area contributed by atoms with E-state index < -0.39 is 6.29 Å². The van der Waals surface area contributed by atoms with E-state index in [4.69, 9.17) is 15.2 Å². The molecule has 0 spiro atoms. The number of rotatable bonds is 5. The Kier molecular flexibility index (Phi) is 6.13. The smallest absolute Gasteiger partial charge is 0.479 e. The van der Waals surface area contributed by atoms with Crippen molar-refractivity contribution in [2.75, 3.05) is 13.7 Å². The van der Waals surface area contributed by atoms with Gasteiger partial charge in [-0.15, -0.1) is 8.78 Å². The third kappa shape index (κ3) is 4.77. The predicted molar refractivity (Wildman–Crippen MR) is 130 cm³/mol. The molecule has 0 bridgehead atoms. The van der Waals surface area contributed by atoms with Crippen molar-refractivity contribution in [1.29, 1.82) is 0 Å². The van der Waals surface area contributed by atoms with E-state index in [2.05, 4.69) is 24.7 Å². The number of para-hydroxylation sites is 1. The maximum absolute atomic E-state index is 13.7. The molecule has 0 saturated carbocycles. The van der Waals surface area contributed by atoms with Crippen LogP contribution in [0.4, 0.5) is 8.78 Å². The van der Waals surface area contributed by atoms with Gasteiger partial charge in [0.1, 0.15) is 17.4 Å². The SMILES string of the molecule is COc1nc(/C=C/C(N)=NC2=NCCC[C@H]2c2cccc3c2OC(F)(F)O3)ccc1-n1cnc(C)c1. The molecular weight excluding hydrogens is 470 g/mol. The Bertz CT molecular complexity index is 1380. The number of benzene rings is 1. The third-order valence-electron chi connectivity index (χ3n) is 5.78. The molecule has 2 aliphatic rings. The largest absolute Gasteiger partial charge is 0.586 e. The molecule has 5 rings (SSSR count). The number of aliphatic imine (C=N–C) groups is 2. The van der Waals surface area contributed by atoms with Crippen LogP contribution in [-0.2, 0) is 0 Å². The number of methoxy groups -OCH3 is 1. The summed E-state index contributed by atoms with van der Waals surface area (Å²) in [5.41, 5.74) is 8.96. The van der Waals surface area contributed by atoms with Gasteiger partial charge in [0.2, 0.25) is 5.88 Å². The molecule has 2 aromatic heterocycles. The van der Waals surface area contributed by atoms with Gasteiger partial charge in [0.05, 0.1) is 24.8 Å². The quantitative estimate of drug-likeness (QED) is 0.420. The molecule has 1 atom stereocenters. The number of alkyl halides is 2. The number of aromatic nitrogens is 3. The van der Waals surface area contributed by atoms with Gasteiger partial charge in [-0.2, -0.15) is 0 Å². The number of pyridine rings is 1. The summed E-state index contributed by atoms with van der Waals surface area (Å²) in [7, 11) is 1.55. The lowest BCUT2D eigenvalue weighted by atomic mass is 9.90. The fourth-order valence-electron chi connectivity index (χ4n) is 4.18. The lowest BCUT2D eigenvalue weighted by Gasteiger charge is -2.22. The van der Waals surface area contributed by atoms with Gasteiger partial charge >= 0.3 is 6.29 Å². The molecule has 0 saturated heterocycles. The van der Waals surface area contributed by atoms with E-state index in [0.29, 0.717) is 35.9 Å². The number of aryl methyl sites for hydroxylation is 1. The first-order chi connectivity index (χ1) is 17.3.